The first-order valence-corrected chi connectivity index (χ1v) is 5.12. The molecule has 60 valence electrons. The van der Waals surface area contributed by atoms with Crippen LogP contribution < -0.4 is 0 Å². The Labute approximate surface area is 72.5 Å². The van der Waals surface area contributed by atoms with Crippen molar-refractivity contribution in [1.82, 2.24) is 4.98 Å². The van der Waals surface area contributed by atoms with Crippen LogP contribution in [0.25, 0.3) is 0 Å². The summed E-state index contributed by atoms with van der Waals surface area (Å²) in [4.78, 5) is 15.1. The van der Waals surface area contributed by atoms with Crippen LogP contribution in [0.1, 0.15) is 14.7 Å². The number of carboxylic acid groups (broad SMARTS) is 1. The SMILES string of the molecule is CSCc1cnc(C(=O)O)s1. The van der Waals surface area contributed by atoms with Gasteiger partial charge in [0.15, 0.2) is 0 Å². The van der Waals surface area contributed by atoms with Gasteiger partial charge in [-0.1, -0.05) is 0 Å². The van der Waals surface area contributed by atoms with Crippen LogP contribution in [0, 0.1) is 0 Å². The molecule has 0 spiro atoms. The molecular weight excluding hydrogens is 182 g/mol. The summed E-state index contributed by atoms with van der Waals surface area (Å²) in [6, 6.07) is 0. The predicted octanol–water partition coefficient (Wildman–Crippen LogP) is 1.70. The number of hydrogen-bond acceptors (Lipinski definition) is 4. The molecule has 0 unspecified atom stereocenters. The smallest absolute Gasteiger partial charge is 0.365 e. The molecule has 0 saturated carbocycles. The molecule has 0 aliphatic heterocycles. The molecule has 0 atom stereocenters. The van der Waals surface area contributed by atoms with Crippen molar-refractivity contribution in [2.45, 2.75) is 5.75 Å². The number of aromatic carboxylic acids is 1. The van der Waals surface area contributed by atoms with E-state index in [1.165, 1.54) is 11.3 Å². The molecule has 1 rings (SSSR count). The minimum absolute atomic E-state index is 0.175. The number of hydrogen-bond donors (Lipinski definition) is 1. The Morgan fingerprint density at radius 3 is 3.09 bits per heavy atom. The van der Waals surface area contributed by atoms with Gasteiger partial charge in [0.05, 0.1) is 0 Å². The van der Waals surface area contributed by atoms with Crippen molar-refractivity contribution >= 4 is 29.1 Å². The molecular formula is C6H7NO2S2. The van der Waals surface area contributed by atoms with E-state index in [9.17, 15) is 4.79 Å². The standard InChI is InChI=1S/C6H7NO2S2/c1-10-3-4-2-7-5(11-4)6(8)9/h2H,3H2,1H3,(H,8,9). The molecule has 1 heterocycles. The van der Waals surface area contributed by atoms with E-state index in [1.807, 2.05) is 6.26 Å². The molecule has 0 saturated heterocycles. The van der Waals surface area contributed by atoms with Crippen LogP contribution in [0.2, 0.25) is 0 Å². The maximum Gasteiger partial charge on any atom is 0.365 e. The fraction of sp³-hybridized carbons (Fsp3) is 0.333. The third-order valence-corrected chi connectivity index (χ3v) is 2.79. The van der Waals surface area contributed by atoms with Crippen LogP contribution in [-0.2, 0) is 5.75 Å². The molecule has 3 nitrogen and oxygen atoms in total. The number of thiazole rings is 1. The fourth-order valence-electron chi connectivity index (χ4n) is 0.615. The molecule has 1 N–H and O–H groups in total. The first kappa shape index (κ1) is 8.55. The highest BCUT2D eigenvalue weighted by atomic mass is 32.2. The van der Waals surface area contributed by atoms with Gasteiger partial charge in [0.25, 0.3) is 0 Å². The van der Waals surface area contributed by atoms with Gasteiger partial charge in [0, 0.05) is 16.8 Å². The Hall–Kier alpha value is -0.550. The summed E-state index contributed by atoms with van der Waals surface area (Å²) in [5.41, 5.74) is 0. The normalized spacial score (nSPS) is 9.91. The molecule has 5 heteroatoms. The topological polar surface area (TPSA) is 50.2 Å². The van der Waals surface area contributed by atoms with Crippen molar-refractivity contribution in [2.24, 2.45) is 0 Å². The highest BCUT2D eigenvalue weighted by Gasteiger charge is 2.07. The Morgan fingerprint density at radius 2 is 2.64 bits per heavy atom. The second-order valence-corrected chi connectivity index (χ2v) is 3.85. The van der Waals surface area contributed by atoms with Gasteiger partial charge in [-0.15, -0.1) is 11.3 Å². The molecule has 0 amide bonds. The number of carbonyl (C=O) groups is 1. The van der Waals surface area contributed by atoms with Crippen LogP contribution >= 0.6 is 23.1 Å². The zero-order valence-electron chi connectivity index (χ0n) is 5.90. The lowest BCUT2D eigenvalue weighted by Crippen LogP contribution is -1.92. The highest BCUT2D eigenvalue weighted by Crippen LogP contribution is 2.17. The Bertz CT molecular complexity index is 259. The summed E-state index contributed by atoms with van der Waals surface area (Å²) in [7, 11) is 0. The van der Waals surface area contributed by atoms with Crippen molar-refractivity contribution in [3.63, 3.8) is 0 Å². The Kier molecular flexibility index (Phi) is 2.90. The van der Waals surface area contributed by atoms with Crippen LogP contribution in [0.4, 0.5) is 0 Å². The van der Waals surface area contributed by atoms with E-state index < -0.39 is 5.97 Å². The van der Waals surface area contributed by atoms with Gasteiger partial charge in [-0.05, 0) is 6.26 Å². The summed E-state index contributed by atoms with van der Waals surface area (Å²) >= 11 is 2.89. The lowest BCUT2D eigenvalue weighted by Gasteiger charge is -1.86. The lowest BCUT2D eigenvalue weighted by atomic mass is 10.6. The summed E-state index contributed by atoms with van der Waals surface area (Å²) in [5, 5.41) is 8.68. The van der Waals surface area contributed by atoms with Crippen molar-refractivity contribution in [2.75, 3.05) is 6.26 Å². The summed E-state index contributed by atoms with van der Waals surface area (Å²) in [6.07, 6.45) is 3.59. The number of thioether (sulfide) groups is 1. The molecule has 0 fully saturated rings. The van der Waals surface area contributed by atoms with Gasteiger partial charge in [-0.3, -0.25) is 0 Å². The van der Waals surface area contributed by atoms with E-state index in [2.05, 4.69) is 4.98 Å². The van der Waals surface area contributed by atoms with E-state index >= 15 is 0 Å². The van der Waals surface area contributed by atoms with Crippen LogP contribution in [0.3, 0.4) is 0 Å². The molecule has 11 heavy (non-hydrogen) atoms. The summed E-state index contributed by atoms with van der Waals surface area (Å²) < 4.78 is 0. The molecule has 1 aromatic rings. The van der Waals surface area contributed by atoms with Crippen molar-refractivity contribution in [3.05, 3.63) is 16.1 Å². The Balaban J connectivity index is 2.73. The molecule has 0 aliphatic rings. The monoisotopic (exact) mass is 189 g/mol. The average Bonchev–Trinajstić information content (AvgIpc) is 2.37. The van der Waals surface area contributed by atoms with Gasteiger partial charge in [0.2, 0.25) is 5.01 Å². The minimum Gasteiger partial charge on any atom is -0.476 e. The van der Waals surface area contributed by atoms with Crippen LogP contribution in [0.5, 0.6) is 0 Å². The maximum absolute atomic E-state index is 10.4. The largest absolute Gasteiger partial charge is 0.476 e. The fourth-order valence-corrected chi connectivity index (χ4v) is 2.11. The molecule has 0 aliphatic carbocycles. The second kappa shape index (κ2) is 3.73. The van der Waals surface area contributed by atoms with Gasteiger partial charge in [-0.25, -0.2) is 9.78 Å². The number of aromatic nitrogens is 1. The minimum atomic E-state index is -0.942. The van der Waals surface area contributed by atoms with Crippen LogP contribution in [-0.4, -0.2) is 22.3 Å². The second-order valence-electron chi connectivity index (χ2n) is 1.87. The number of nitrogens with zero attached hydrogens (tertiary/aromatic N) is 1. The molecule has 1 aromatic heterocycles. The molecule has 0 bridgehead atoms. The lowest BCUT2D eigenvalue weighted by molar-refractivity contribution is 0.0696. The van der Waals surface area contributed by atoms with Crippen molar-refractivity contribution < 1.29 is 9.90 Å². The third kappa shape index (κ3) is 2.20. The van der Waals surface area contributed by atoms with Gasteiger partial charge in [-0.2, -0.15) is 11.8 Å². The number of carboxylic acids is 1. The summed E-state index contributed by atoms with van der Waals surface area (Å²) in [5.74, 6) is -0.104. The zero-order valence-corrected chi connectivity index (χ0v) is 7.54. The predicted molar refractivity (Wildman–Crippen MR) is 46.3 cm³/mol. The van der Waals surface area contributed by atoms with E-state index in [1.54, 1.807) is 18.0 Å². The third-order valence-electron chi connectivity index (χ3n) is 1.02. The van der Waals surface area contributed by atoms with Gasteiger partial charge >= 0.3 is 5.97 Å². The van der Waals surface area contributed by atoms with E-state index in [-0.39, 0.29) is 5.01 Å². The Morgan fingerprint density at radius 1 is 1.91 bits per heavy atom. The van der Waals surface area contributed by atoms with E-state index in [0.717, 1.165) is 10.6 Å². The maximum atomic E-state index is 10.4. The van der Waals surface area contributed by atoms with Crippen molar-refractivity contribution in [1.29, 1.82) is 0 Å². The molecule has 0 aromatic carbocycles. The van der Waals surface area contributed by atoms with Crippen LogP contribution in [0.15, 0.2) is 6.20 Å². The average molecular weight is 189 g/mol. The zero-order chi connectivity index (χ0) is 8.27. The first-order valence-electron chi connectivity index (χ1n) is 2.91. The first-order chi connectivity index (χ1) is 5.24. The van der Waals surface area contributed by atoms with E-state index in [0.29, 0.717) is 0 Å². The molecule has 0 radical (unpaired) electrons. The van der Waals surface area contributed by atoms with Crippen molar-refractivity contribution in [3.8, 4) is 0 Å². The van der Waals surface area contributed by atoms with E-state index in [4.69, 9.17) is 5.11 Å². The van der Waals surface area contributed by atoms with Gasteiger partial charge in [0.1, 0.15) is 0 Å². The van der Waals surface area contributed by atoms with Gasteiger partial charge < -0.3 is 5.11 Å². The summed E-state index contributed by atoms with van der Waals surface area (Å²) in [6.45, 7) is 0. The number of rotatable bonds is 3. The highest BCUT2D eigenvalue weighted by molar-refractivity contribution is 7.97. The quantitative estimate of drug-likeness (QED) is 0.786.